The molecule has 2 aliphatic heterocycles. The minimum absolute atomic E-state index is 0.0314. The molecule has 1 aromatic heterocycles. The predicted molar refractivity (Wildman–Crippen MR) is 125 cm³/mol. The number of likely N-dealkylation sites (tertiary alicyclic amines) is 1. The Bertz CT molecular complexity index is 1060. The minimum Gasteiger partial charge on any atom is -0.497 e. The molecule has 3 aliphatic rings. The van der Waals surface area contributed by atoms with Crippen molar-refractivity contribution in [2.75, 3.05) is 18.6 Å². The van der Waals surface area contributed by atoms with Crippen molar-refractivity contribution in [1.82, 2.24) is 14.9 Å². The van der Waals surface area contributed by atoms with E-state index < -0.39 is 0 Å². The minimum atomic E-state index is -0.0993. The van der Waals surface area contributed by atoms with E-state index in [4.69, 9.17) is 14.7 Å². The molecule has 1 saturated carbocycles. The van der Waals surface area contributed by atoms with Crippen LogP contribution >= 0.6 is 0 Å². The number of fused-ring (bicyclic) bond motifs is 1. The van der Waals surface area contributed by atoms with Crippen LogP contribution in [0, 0.1) is 12.8 Å². The number of hydrogen-bond donors (Lipinski definition) is 0. The zero-order valence-electron chi connectivity index (χ0n) is 19.5. The second-order valence-corrected chi connectivity index (χ2v) is 9.50. The largest absolute Gasteiger partial charge is 0.497 e. The summed E-state index contributed by atoms with van der Waals surface area (Å²) in [5, 5.41) is 0. The van der Waals surface area contributed by atoms with E-state index in [9.17, 15) is 9.59 Å². The highest BCUT2D eigenvalue weighted by molar-refractivity contribution is 6.00. The average molecular weight is 449 g/mol. The maximum absolute atomic E-state index is 13.3. The lowest BCUT2D eigenvalue weighted by Crippen LogP contribution is -2.37. The lowest BCUT2D eigenvalue weighted by molar-refractivity contribution is -0.137. The lowest BCUT2D eigenvalue weighted by Gasteiger charge is -2.30. The van der Waals surface area contributed by atoms with Gasteiger partial charge < -0.3 is 9.64 Å². The average Bonchev–Trinajstić information content (AvgIpc) is 3.45. The highest BCUT2D eigenvalue weighted by Crippen LogP contribution is 2.37. The quantitative estimate of drug-likeness (QED) is 0.688. The standard InChI is InChI=1S/C26H32N4O3/c1-17-21-15-23(31)30(16-18-8-6-11-20(14-18)33-2)25(21)28-24(27-17)22-12-7-13-29(22)26(32)19-9-4-3-5-10-19/h6,8,11,14,19,22H,3-5,7,9-10,12-13,15-16H2,1-2H3. The number of rotatable bonds is 5. The third-order valence-corrected chi connectivity index (χ3v) is 7.36. The Balaban J connectivity index is 1.43. The summed E-state index contributed by atoms with van der Waals surface area (Å²) >= 11 is 0. The van der Waals surface area contributed by atoms with Crippen LogP contribution in [0.3, 0.4) is 0 Å². The molecule has 1 unspecified atom stereocenters. The molecule has 7 heteroatoms. The van der Waals surface area contributed by atoms with Crippen molar-refractivity contribution in [3.05, 3.63) is 46.9 Å². The summed E-state index contributed by atoms with van der Waals surface area (Å²) in [7, 11) is 1.64. The molecule has 2 amide bonds. The monoisotopic (exact) mass is 448 g/mol. The molecule has 1 aliphatic carbocycles. The summed E-state index contributed by atoms with van der Waals surface area (Å²) in [5.41, 5.74) is 2.73. The van der Waals surface area contributed by atoms with E-state index >= 15 is 0 Å². The number of aromatic nitrogens is 2. The summed E-state index contributed by atoms with van der Waals surface area (Å²) < 4.78 is 5.34. The highest BCUT2D eigenvalue weighted by Gasteiger charge is 2.38. The summed E-state index contributed by atoms with van der Waals surface area (Å²) in [6.07, 6.45) is 7.67. The van der Waals surface area contributed by atoms with Crippen LogP contribution in [0.5, 0.6) is 5.75 Å². The van der Waals surface area contributed by atoms with E-state index in [2.05, 4.69) is 0 Å². The molecule has 1 aromatic carbocycles. The van der Waals surface area contributed by atoms with Crippen molar-refractivity contribution in [2.24, 2.45) is 5.92 Å². The van der Waals surface area contributed by atoms with E-state index in [0.29, 0.717) is 24.6 Å². The molecular formula is C26H32N4O3. The van der Waals surface area contributed by atoms with Crippen LogP contribution in [0.4, 0.5) is 5.82 Å². The summed E-state index contributed by atoms with van der Waals surface area (Å²) in [4.78, 5) is 39.7. The second-order valence-electron chi connectivity index (χ2n) is 9.50. The third kappa shape index (κ3) is 4.21. The van der Waals surface area contributed by atoms with Crippen LogP contribution < -0.4 is 9.64 Å². The molecule has 33 heavy (non-hydrogen) atoms. The van der Waals surface area contributed by atoms with Crippen LogP contribution in [0.25, 0.3) is 0 Å². The Kier molecular flexibility index (Phi) is 6.04. The first-order valence-corrected chi connectivity index (χ1v) is 12.2. The molecule has 0 spiro atoms. The van der Waals surface area contributed by atoms with E-state index in [1.165, 1.54) is 6.42 Å². The van der Waals surface area contributed by atoms with Crippen LogP contribution in [0.2, 0.25) is 0 Å². The number of amides is 2. The van der Waals surface area contributed by atoms with Crippen molar-refractivity contribution in [3.8, 4) is 5.75 Å². The number of carbonyl (C=O) groups excluding carboxylic acids is 2. The molecule has 3 heterocycles. The molecule has 2 aromatic rings. The topological polar surface area (TPSA) is 75.6 Å². The van der Waals surface area contributed by atoms with Gasteiger partial charge >= 0.3 is 0 Å². The number of hydrogen-bond acceptors (Lipinski definition) is 5. The molecule has 0 N–H and O–H groups in total. The smallest absolute Gasteiger partial charge is 0.233 e. The summed E-state index contributed by atoms with van der Waals surface area (Å²) in [6.45, 7) is 3.16. The Hall–Kier alpha value is -2.96. The van der Waals surface area contributed by atoms with Gasteiger partial charge in [-0.25, -0.2) is 9.97 Å². The van der Waals surface area contributed by atoms with Gasteiger partial charge in [0, 0.05) is 23.7 Å². The number of anilines is 1. The van der Waals surface area contributed by atoms with Crippen LogP contribution in [0.1, 0.15) is 73.6 Å². The molecule has 0 bridgehead atoms. The van der Waals surface area contributed by atoms with Gasteiger partial charge in [-0.1, -0.05) is 31.4 Å². The zero-order chi connectivity index (χ0) is 22.9. The van der Waals surface area contributed by atoms with Crippen molar-refractivity contribution < 1.29 is 14.3 Å². The number of nitrogens with zero attached hydrogens (tertiary/aromatic N) is 4. The van der Waals surface area contributed by atoms with Gasteiger partial charge in [0.2, 0.25) is 11.8 Å². The molecule has 1 saturated heterocycles. The zero-order valence-corrected chi connectivity index (χ0v) is 19.5. The molecule has 1 atom stereocenters. The molecule has 174 valence electrons. The van der Waals surface area contributed by atoms with Gasteiger partial charge in [-0.15, -0.1) is 0 Å². The predicted octanol–water partition coefficient (Wildman–Crippen LogP) is 4.13. The fraction of sp³-hybridized carbons (Fsp3) is 0.538. The number of carbonyl (C=O) groups is 2. The Morgan fingerprint density at radius 2 is 1.94 bits per heavy atom. The van der Waals surface area contributed by atoms with Gasteiger partial charge in [0.15, 0.2) is 5.82 Å². The Labute approximate surface area is 195 Å². The number of methoxy groups -OCH3 is 1. The first-order valence-electron chi connectivity index (χ1n) is 12.2. The fourth-order valence-corrected chi connectivity index (χ4v) is 5.55. The van der Waals surface area contributed by atoms with Gasteiger partial charge in [-0.3, -0.25) is 14.5 Å². The summed E-state index contributed by atoms with van der Waals surface area (Å²) in [5.74, 6) is 2.58. The molecular weight excluding hydrogens is 416 g/mol. The maximum Gasteiger partial charge on any atom is 0.233 e. The first-order chi connectivity index (χ1) is 16.0. The number of ether oxygens (including phenoxy) is 1. The normalized spacial score (nSPS) is 20.9. The third-order valence-electron chi connectivity index (χ3n) is 7.36. The van der Waals surface area contributed by atoms with Crippen LogP contribution in [-0.2, 0) is 22.6 Å². The van der Waals surface area contributed by atoms with Crippen molar-refractivity contribution >= 4 is 17.6 Å². The summed E-state index contributed by atoms with van der Waals surface area (Å²) in [6, 6.07) is 7.66. The van der Waals surface area contributed by atoms with Gasteiger partial charge in [-0.2, -0.15) is 0 Å². The van der Waals surface area contributed by atoms with Crippen molar-refractivity contribution in [2.45, 2.75) is 70.9 Å². The van der Waals surface area contributed by atoms with Gasteiger partial charge in [0.05, 0.1) is 26.1 Å². The van der Waals surface area contributed by atoms with E-state index in [1.54, 1.807) is 12.0 Å². The van der Waals surface area contributed by atoms with Gasteiger partial charge in [0.25, 0.3) is 0 Å². The van der Waals surface area contributed by atoms with Gasteiger partial charge in [-0.05, 0) is 50.3 Å². The van der Waals surface area contributed by atoms with E-state index in [-0.39, 0.29) is 23.8 Å². The van der Waals surface area contributed by atoms with Crippen molar-refractivity contribution in [3.63, 3.8) is 0 Å². The molecule has 2 fully saturated rings. The first kappa shape index (κ1) is 21.9. The Morgan fingerprint density at radius 1 is 1.12 bits per heavy atom. The van der Waals surface area contributed by atoms with Crippen molar-refractivity contribution in [1.29, 1.82) is 0 Å². The number of aryl methyl sites for hydroxylation is 1. The molecule has 7 nitrogen and oxygen atoms in total. The molecule has 5 rings (SSSR count). The van der Waals surface area contributed by atoms with Gasteiger partial charge in [0.1, 0.15) is 11.6 Å². The lowest BCUT2D eigenvalue weighted by atomic mass is 9.88. The second kappa shape index (κ2) is 9.12. The van der Waals surface area contributed by atoms with Crippen LogP contribution in [0.15, 0.2) is 24.3 Å². The van der Waals surface area contributed by atoms with E-state index in [1.807, 2.05) is 36.1 Å². The maximum atomic E-state index is 13.3. The van der Waals surface area contributed by atoms with Crippen LogP contribution in [-0.4, -0.2) is 40.3 Å². The fourth-order valence-electron chi connectivity index (χ4n) is 5.55. The Morgan fingerprint density at radius 3 is 2.73 bits per heavy atom. The molecule has 0 radical (unpaired) electrons. The SMILES string of the molecule is COc1cccc(CN2C(=O)Cc3c(C)nc(C4CCCN4C(=O)C4CCCCC4)nc32)c1. The van der Waals surface area contributed by atoms with E-state index in [0.717, 1.165) is 67.6 Å². The highest BCUT2D eigenvalue weighted by atomic mass is 16.5. The number of benzene rings is 1.